The number of benzene rings is 1. The molecule has 1 amide bonds. The third-order valence-electron chi connectivity index (χ3n) is 5.46. The number of nitrogens with one attached hydrogen (secondary N) is 1. The number of anilines is 1. The number of hydrogen-bond acceptors (Lipinski definition) is 6. The van der Waals surface area contributed by atoms with Crippen molar-refractivity contribution in [2.45, 2.75) is 19.3 Å². The van der Waals surface area contributed by atoms with Gasteiger partial charge in [0.15, 0.2) is 0 Å². The van der Waals surface area contributed by atoms with E-state index in [9.17, 15) is 24.8 Å². The third-order valence-corrected chi connectivity index (χ3v) is 5.46. The number of nitro benzene ring substituents is 1. The lowest BCUT2D eigenvalue weighted by Crippen LogP contribution is -2.45. The van der Waals surface area contributed by atoms with Gasteiger partial charge in [-0.25, -0.2) is 0 Å². The van der Waals surface area contributed by atoms with Crippen LogP contribution in [0.5, 0.6) is 0 Å². The van der Waals surface area contributed by atoms with Crippen LogP contribution in [0.4, 0.5) is 11.4 Å². The molecule has 0 unspecified atom stereocenters. The Morgan fingerprint density at radius 2 is 2.11 bits per heavy atom. The number of likely N-dealkylation sites (tertiary alicyclic amines) is 1. The number of carbonyl (C=O) groups excluding carboxylic acids is 1. The summed E-state index contributed by atoms with van der Waals surface area (Å²) in [5.41, 5.74) is -0.0879. The molecule has 146 valence electrons. The Bertz CT molecular complexity index is 722. The maximum absolute atomic E-state index is 12.5. The predicted molar refractivity (Wildman–Crippen MR) is 96.4 cm³/mol. The van der Waals surface area contributed by atoms with Gasteiger partial charge in [-0.2, -0.15) is 0 Å². The molecule has 2 aliphatic rings. The van der Waals surface area contributed by atoms with Gasteiger partial charge in [-0.15, -0.1) is 0 Å². The van der Waals surface area contributed by atoms with Gasteiger partial charge >= 0.3 is 5.97 Å². The Balaban J connectivity index is 1.46. The highest BCUT2D eigenvalue weighted by Gasteiger charge is 2.54. The van der Waals surface area contributed by atoms with Crippen molar-refractivity contribution in [1.29, 1.82) is 0 Å². The topological polar surface area (TPSA) is 122 Å². The fourth-order valence-electron chi connectivity index (χ4n) is 3.82. The number of fused-ring (bicyclic) bond motifs is 1. The molecule has 0 bridgehead atoms. The summed E-state index contributed by atoms with van der Waals surface area (Å²) < 4.78 is 5.40. The first-order valence-electron chi connectivity index (χ1n) is 8.99. The number of hydrogen-bond donors (Lipinski definition) is 2. The van der Waals surface area contributed by atoms with Gasteiger partial charge in [0, 0.05) is 56.4 Å². The van der Waals surface area contributed by atoms with Gasteiger partial charge in [0.25, 0.3) is 5.69 Å². The standard InChI is InChI=1S/C18H23N3O6/c22-16(2-1-8-19-14-3-5-15(6-4-14)21(25)26)20-10-13-11-27-9-7-18(13,12-20)17(23)24/h3-6,13,19H,1-2,7-12H2,(H,23,24)/t13-,18+/m0/s1. The molecule has 2 N–H and O–H groups in total. The summed E-state index contributed by atoms with van der Waals surface area (Å²) in [5, 5.41) is 23.4. The minimum atomic E-state index is -0.870. The molecule has 0 aromatic heterocycles. The van der Waals surface area contributed by atoms with Gasteiger partial charge in [-0.05, 0) is 25.0 Å². The Morgan fingerprint density at radius 3 is 2.74 bits per heavy atom. The van der Waals surface area contributed by atoms with Gasteiger partial charge in [0.05, 0.1) is 16.9 Å². The summed E-state index contributed by atoms with van der Waals surface area (Å²) in [5.74, 6) is -1.03. The van der Waals surface area contributed by atoms with Crippen LogP contribution in [0.15, 0.2) is 24.3 Å². The van der Waals surface area contributed by atoms with Crippen LogP contribution in [0, 0.1) is 21.4 Å². The van der Waals surface area contributed by atoms with Gasteiger partial charge in [-0.1, -0.05) is 0 Å². The highest BCUT2D eigenvalue weighted by molar-refractivity contribution is 5.81. The Kier molecular flexibility index (Phi) is 5.59. The van der Waals surface area contributed by atoms with E-state index in [1.165, 1.54) is 12.1 Å². The molecule has 1 aromatic carbocycles. The van der Waals surface area contributed by atoms with E-state index in [0.29, 0.717) is 45.6 Å². The smallest absolute Gasteiger partial charge is 0.311 e. The van der Waals surface area contributed by atoms with Crippen molar-refractivity contribution in [3.63, 3.8) is 0 Å². The number of nitro groups is 1. The van der Waals surface area contributed by atoms with Crippen LogP contribution in [0.25, 0.3) is 0 Å². The van der Waals surface area contributed by atoms with Gasteiger partial charge < -0.3 is 20.1 Å². The van der Waals surface area contributed by atoms with E-state index in [-0.39, 0.29) is 24.1 Å². The molecule has 27 heavy (non-hydrogen) atoms. The highest BCUT2D eigenvalue weighted by atomic mass is 16.6. The Morgan fingerprint density at radius 1 is 1.37 bits per heavy atom. The highest BCUT2D eigenvalue weighted by Crippen LogP contribution is 2.42. The van der Waals surface area contributed by atoms with E-state index in [0.717, 1.165) is 5.69 Å². The van der Waals surface area contributed by atoms with E-state index < -0.39 is 16.3 Å². The van der Waals surface area contributed by atoms with Crippen molar-refractivity contribution >= 4 is 23.3 Å². The fraction of sp³-hybridized carbons (Fsp3) is 0.556. The van der Waals surface area contributed by atoms with Crippen LogP contribution in [-0.2, 0) is 14.3 Å². The Labute approximate surface area is 156 Å². The largest absolute Gasteiger partial charge is 0.481 e. The van der Waals surface area contributed by atoms with Crippen LogP contribution in [-0.4, -0.2) is 59.7 Å². The van der Waals surface area contributed by atoms with Crippen LogP contribution < -0.4 is 5.32 Å². The number of carboxylic acids is 1. The molecule has 0 spiro atoms. The maximum atomic E-state index is 12.5. The number of nitrogens with zero attached hydrogens (tertiary/aromatic N) is 2. The molecule has 1 aromatic rings. The molecule has 2 aliphatic heterocycles. The summed E-state index contributed by atoms with van der Waals surface area (Å²) in [6, 6.07) is 6.10. The number of aliphatic carboxylic acids is 1. The number of non-ortho nitro benzene ring substituents is 1. The number of rotatable bonds is 7. The summed E-state index contributed by atoms with van der Waals surface area (Å²) >= 11 is 0. The predicted octanol–water partition coefficient (Wildman–Crippen LogP) is 1.74. The molecule has 3 rings (SSSR count). The van der Waals surface area contributed by atoms with Crippen molar-refractivity contribution in [3.8, 4) is 0 Å². The molecule has 2 atom stereocenters. The Hall–Kier alpha value is -2.68. The molecule has 0 radical (unpaired) electrons. The molecule has 9 nitrogen and oxygen atoms in total. The lowest BCUT2D eigenvalue weighted by molar-refractivity contribution is -0.384. The zero-order chi connectivity index (χ0) is 19.4. The molecule has 0 aliphatic carbocycles. The monoisotopic (exact) mass is 377 g/mol. The first-order chi connectivity index (χ1) is 12.9. The fourth-order valence-corrected chi connectivity index (χ4v) is 3.82. The van der Waals surface area contributed by atoms with Crippen molar-refractivity contribution in [2.75, 3.05) is 38.2 Å². The summed E-state index contributed by atoms with van der Waals surface area (Å²) in [6.45, 7) is 2.04. The first kappa shape index (κ1) is 19.1. The normalized spacial score (nSPS) is 24.3. The average molecular weight is 377 g/mol. The van der Waals surface area contributed by atoms with Gasteiger partial charge in [-0.3, -0.25) is 19.7 Å². The lowest BCUT2D eigenvalue weighted by Gasteiger charge is -2.33. The summed E-state index contributed by atoms with van der Waals surface area (Å²) in [4.78, 5) is 36.1. The molecule has 2 heterocycles. The van der Waals surface area contributed by atoms with E-state index in [4.69, 9.17) is 4.74 Å². The second-order valence-corrected chi connectivity index (χ2v) is 7.09. The van der Waals surface area contributed by atoms with E-state index in [2.05, 4.69) is 5.32 Å². The zero-order valence-electron chi connectivity index (χ0n) is 14.9. The number of carbonyl (C=O) groups is 2. The van der Waals surface area contributed by atoms with Crippen molar-refractivity contribution in [2.24, 2.45) is 11.3 Å². The molecule has 0 saturated carbocycles. The summed E-state index contributed by atoms with van der Waals surface area (Å²) in [7, 11) is 0. The van der Waals surface area contributed by atoms with Crippen molar-refractivity contribution in [1.82, 2.24) is 4.90 Å². The van der Waals surface area contributed by atoms with Crippen LogP contribution in [0.2, 0.25) is 0 Å². The quantitative estimate of drug-likeness (QED) is 0.421. The van der Waals surface area contributed by atoms with Crippen molar-refractivity contribution in [3.05, 3.63) is 34.4 Å². The second-order valence-electron chi connectivity index (χ2n) is 7.09. The zero-order valence-corrected chi connectivity index (χ0v) is 14.9. The SMILES string of the molecule is O=C(CCCNc1ccc([N+](=O)[O-])cc1)N1C[C@H]2COCC[C@@]2(C(=O)O)C1. The number of carboxylic acid groups (broad SMARTS) is 1. The molecule has 9 heteroatoms. The molecule has 2 saturated heterocycles. The van der Waals surface area contributed by atoms with Crippen LogP contribution in [0.3, 0.4) is 0 Å². The van der Waals surface area contributed by atoms with Crippen molar-refractivity contribution < 1.29 is 24.4 Å². The van der Waals surface area contributed by atoms with Gasteiger partial charge in [0.2, 0.25) is 5.91 Å². The number of amides is 1. The molecule has 2 fully saturated rings. The minimum Gasteiger partial charge on any atom is -0.481 e. The van der Waals surface area contributed by atoms with E-state index in [1.54, 1.807) is 17.0 Å². The number of ether oxygens (including phenoxy) is 1. The molecular formula is C18H23N3O6. The minimum absolute atomic E-state index is 0.0302. The second kappa shape index (κ2) is 7.91. The third kappa shape index (κ3) is 4.02. The first-order valence-corrected chi connectivity index (χ1v) is 8.99. The molecular weight excluding hydrogens is 354 g/mol. The summed E-state index contributed by atoms with van der Waals surface area (Å²) in [6.07, 6.45) is 1.36. The lowest BCUT2D eigenvalue weighted by atomic mass is 9.74. The van der Waals surface area contributed by atoms with E-state index >= 15 is 0 Å². The van der Waals surface area contributed by atoms with Crippen LogP contribution >= 0.6 is 0 Å². The van der Waals surface area contributed by atoms with Gasteiger partial charge in [0.1, 0.15) is 0 Å². The average Bonchev–Trinajstić information content (AvgIpc) is 3.07. The maximum Gasteiger partial charge on any atom is 0.311 e. The van der Waals surface area contributed by atoms with E-state index in [1.807, 2.05) is 0 Å². The van der Waals surface area contributed by atoms with Crippen LogP contribution in [0.1, 0.15) is 19.3 Å².